The van der Waals surface area contributed by atoms with Gasteiger partial charge in [-0.1, -0.05) is 46.3 Å². The van der Waals surface area contributed by atoms with E-state index in [0.717, 1.165) is 56.9 Å². The lowest BCUT2D eigenvalue weighted by Gasteiger charge is -2.71. The van der Waals surface area contributed by atoms with Crippen LogP contribution >= 0.6 is 0 Å². The Morgan fingerprint density at radius 2 is 1.65 bits per heavy atom. The molecule has 4 aliphatic carbocycles. The molecule has 0 radical (unpaired) electrons. The molecule has 0 spiro atoms. The maximum Gasteiger partial charge on any atom is 0.0653 e. The molecule has 196 valence electrons. The quantitative estimate of drug-likeness (QED) is 0.397. The molecular formula is C30H52O4. The number of hydrogen-bond donors (Lipinski definition) is 4. The number of rotatable bonds is 5. The van der Waals surface area contributed by atoms with Crippen LogP contribution in [0.1, 0.15) is 106 Å². The van der Waals surface area contributed by atoms with Gasteiger partial charge in [-0.05, 0) is 117 Å². The van der Waals surface area contributed by atoms with Crippen molar-refractivity contribution in [2.75, 3.05) is 6.61 Å². The van der Waals surface area contributed by atoms with Gasteiger partial charge < -0.3 is 20.4 Å². The van der Waals surface area contributed by atoms with Crippen LogP contribution in [0, 0.1) is 45.3 Å². The average Bonchev–Trinajstić information content (AvgIpc) is 3.10. The second-order valence-corrected chi connectivity index (χ2v) is 14.5. The predicted octanol–water partition coefficient (Wildman–Crippen LogP) is 5.47. The molecule has 0 saturated heterocycles. The van der Waals surface area contributed by atoms with E-state index in [1.165, 1.54) is 6.42 Å². The zero-order valence-electron chi connectivity index (χ0n) is 22.9. The molecule has 0 heterocycles. The molecule has 0 aromatic rings. The summed E-state index contributed by atoms with van der Waals surface area (Å²) >= 11 is 0. The fourth-order valence-corrected chi connectivity index (χ4v) is 10.5. The monoisotopic (exact) mass is 476 g/mol. The highest BCUT2D eigenvalue weighted by molar-refractivity contribution is 5.20. The molecule has 4 aliphatic rings. The number of hydrogen-bond acceptors (Lipinski definition) is 4. The number of aliphatic hydroxyl groups excluding tert-OH is 3. The first-order chi connectivity index (χ1) is 15.6. The first-order valence-corrected chi connectivity index (χ1v) is 14.0. The van der Waals surface area contributed by atoms with E-state index in [4.69, 9.17) is 0 Å². The Hall–Kier alpha value is -0.420. The van der Waals surface area contributed by atoms with Gasteiger partial charge in [0.05, 0.1) is 24.4 Å². The lowest BCUT2D eigenvalue weighted by Crippen LogP contribution is -2.68. The predicted molar refractivity (Wildman–Crippen MR) is 137 cm³/mol. The number of aliphatic hydroxyl groups is 4. The van der Waals surface area contributed by atoms with E-state index in [0.29, 0.717) is 11.8 Å². The van der Waals surface area contributed by atoms with Gasteiger partial charge in [-0.2, -0.15) is 0 Å². The Morgan fingerprint density at radius 3 is 2.29 bits per heavy atom. The Bertz CT molecular complexity index is 802. The minimum absolute atomic E-state index is 0.0380. The van der Waals surface area contributed by atoms with Crippen molar-refractivity contribution < 1.29 is 20.4 Å². The van der Waals surface area contributed by atoms with Crippen LogP contribution in [-0.2, 0) is 0 Å². The van der Waals surface area contributed by atoms with Crippen LogP contribution in [0.5, 0.6) is 0 Å². The Labute approximate surface area is 208 Å². The zero-order valence-corrected chi connectivity index (χ0v) is 22.9. The molecule has 10 atom stereocenters. The van der Waals surface area contributed by atoms with Crippen LogP contribution in [0.3, 0.4) is 0 Å². The third kappa shape index (κ3) is 3.68. The highest BCUT2D eigenvalue weighted by Crippen LogP contribution is 2.75. The molecule has 4 nitrogen and oxygen atoms in total. The van der Waals surface area contributed by atoms with Crippen molar-refractivity contribution in [1.82, 2.24) is 0 Å². The van der Waals surface area contributed by atoms with Gasteiger partial charge in [0.15, 0.2) is 0 Å². The summed E-state index contributed by atoms with van der Waals surface area (Å²) in [7, 11) is 0. The summed E-state index contributed by atoms with van der Waals surface area (Å²) in [6.07, 6.45) is 10.0. The van der Waals surface area contributed by atoms with Gasteiger partial charge in [-0.25, -0.2) is 0 Å². The molecule has 10 unspecified atom stereocenters. The molecule has 4 heteroatoms. The van der Waals surface area contributed by atoms with Crippen LogP contribution in [0.15, 0.2) is 11.6 Å². The van der Waals surface area contributed by atoms with E-state index in [9.17, 15) is 20.4 Å². The number of allylic oxidation sites excluding steroid dienone is 1. The van der Waals surface area contributed by atoms with Gasteiger partial charge in [0.1, 0.15) is 0 Å². The zero-order chi connectivity index (χ0) is 25.3. The molecular weight excluding hydrogens is 424 g/mol. The molecule has 4 fully saturated rings. The minimum Gasteiger partial charge on any atom is -0.393 e. The van der Waals surface area contributed by atoms with E-state index >= 15 is 0 Å². The fraction of sp³-hybridized carbons (Fsp3) is 0.933. The first kappa shape index (κ1) is 26.6. The van der Waals surface area contributed by atoms with E-state index in [1.807, 2.05) is 13.8 Å². The van der Waals surface area contributed by atoms with Crippen molar-refractivity contribution in [2.24, 2.45) is 45.3 Å². The average molecular weight is 477 g/mol. The van der Waals surface area contributed by atoms with Crippen LogP contribution < -0.4 is 0 Å². The molecule has 4 saturated carbocycles. The topological polar surface area (TPSA) is 80.9 Å². The summed E-state index contributed by atoms with van der Waals surface area (Å²) in [6, 6.07) is 0. The normalized spacial score (nSPS) is 50.1. The molecule has 0 aromatic carbocycles. The van der Waals surface area contributed by atoms with E-state index in [1.54, 1.807) is 0 Å². The van der Waals surface area contributed by atoms with Crippen molar-refractivity contribution >= 4 is 0 Å². The third-order valence-electron chi connectivity index (χ3n) is 12.5. The van der Waals surface area contributed by atoms with Crippen LogP contribution in [0.4, 0.5) is 0 Å². The summed E-state index contributed by atoms with van der Waals surface area (Å²) in [5, 5.41) is 43.5. The van der Waals surface area contributed by atoms with Crippen molar-refractivity contribution in [1.29, 1.82) is 0 Å². The largest absolute Gasteiger partial charge is 0.393 e. The molecule has 0 aliphatic heterocycles. The van der Waals surface area contributed by atoms with Gasteiger partial charge in [0, 0.05) is 0 Å². The van der Waals surface area contributed by atoms with Crippen LogP contribution in [-0.4, -0.2) is 44.8 Å². The smallest absolute Gasteiger partial charge is 0.0653 e. The highest BCUT2D eigenvalue weighted by atomic mass is 16.3. The Kier molecular flexibility index (Phi) is 6.71. The molecule has 0 bridgehead atoms. The third-order valence-corrected chi connectivity index (χ3v) is 12.5. The SMILES string of the molecule is CC(=CCCC(C)(O)C1CCC2(C)C1CCC1C3(C)CCC(O)C(C)(C)C3C(O)CC12C)CO. The van der Waals surface area contributed by atoms with E-state index in [-0.39, 0.29) is 46.2 Å². The van der Waals surface area contributed by atoms with Gasteiger partial charge >= 0.3 is 0 Å². The van der Waals surface area contributed by atoms with Gasteiger partial charge in [-0.3, -0.25) is 0 Å². The van der Waals surface area contributed by atoms with Crippen molar-refractivity contribution in [3.8, 4) is 0 Å². The van der Waals surface area contributed by atoms with E-state index < -0.39 is 11.7 Å². The number of fused-ring (bicyclic) bond motifs is 5. The second-order valence-electron chi connectivity index (χ2n) is 14.5. The lowest BCUT2D eigenvalue weighted by atomic mass is 9.35. The Morgan fingerprint density at radius 1 is 0.971 bits per heavy atom. The van der Waals surface area contributed by atoms with Crippen molar-refractivity contribution in [2.45, 2.75) is 124 Å². The Balaban J connectivity index is 1.63. The standard InChI is InChI=1S/C30H52O4/c1-19(18-31)9-8-14-30(7,34)21-12-16-28(5)20(21)10-11-23-27(4)15-13-24(33)26(2,3)25(27)22(32)17-29(23,28)6/h9,20-25,31-34H,8,10-18H2,1-7H3. The van der Waals surface area contributed by atoms with Gasteiger partial charge in [0.2, 0.25) is 0 Å². The molecule has 4 rings (SSSR count). The highest BCUT2D eigenvalue weighted by Gasteiger charge is 2.71. The summed E-state index contributed by atoms with van der Waals surface area (Å²) in [6.45, 7) is 15.8. The summed E-state index contributed by atoms with van der Waals surface area (Å²) in [5.41, 5.74) is 0.172. The summed E-state index contributed by atoms with van der Waals surface area (Å²) < 4.78 is 0. The molecule has 34 heavy (non-hydrogen) atoms. The summed E-state index contributed by atoms with van der Waals surface area (Å²) in [4.78, 5) is 0. The van der Waals surface area contributed by atoms with E-state index in [2.05, 4.69) is 40.7 Å². The lowest BCUT2D eigenvalue weighted by molar-refractivity contribution is -0.258. The maximum atomic E-state index is 11.7. The minimum atomic E-state index is -0.714. The summed E-state index contributed by atoms with van der Waals surface area (Å²) in [5.74, 6) is 1.43. The van der Waals surface area contributed by atoms with Crippen molar-refractivity contribution in [3.05, 3.63) is 11.6 Å². The molecule has 0 amide bonds. The van der Waals surface area contributed by atoms with Crippen LogP contribution in [0.2, 0.25) is 0 Å². The second kappa shape index (κ2) is 8.57. The van der Waals surface area contributed by atoms with Gasteiger partial charge in [-0.15, -0.1) is 0 Å². The van der Waals surface area contributed by atoms with Gasteiger partial charge in [0.25, 0.3) is 0 Å². The molecule has 0 aromatic heterocycles. The maximum absolute atomic E-state index is 11.7. The fourth-order valence-electron chi connectivity index (χ4n) is 10.5. The first-order valence-electron chi connectivity index (χ1n) is 14.0. The van der Waals surface area contributed by atoms with Crippen molar-refractivity contribution in [3.63, 3.8) is 0 Å². The van der Waals surface area contributed by atoms with Crippen LogP contribution in [0.25, 0.3) is 0 Å². The molecule has 4 N–H and O–H groups in total.